The average Bonchev–Trinajstić information content (AvgIpc) is 3.16. The minimum atomic E-state index is -3.79. The summed E-state index contributed by atoms with van der Waals surface area (Å²) in [6, 6.07) is 18.2. The van der Waals surface area contributed by atoms with Crippen LogP contribution < -0.4 is 9.62 Å². The Morgan fingerprint density at radius 3 is 2.55 bits per heavy atom. The van der Waals surface area contributed by atoms with Crippen LogP contribution in [0.3, 0.4) is 0 Å². The Bertz CT molecular complexity index is 1210. The average molecular weight is 447 g/mol. The Morgan fingerprint density at radius 1 is 0.966 bits per heavy atom. The minimum absolute atomic E-state index is 0.0547. The van der Waals surface area contributed by atoms with E-state index in [4.69, 9.17) is 23.2 Å². The van der Waals surface area contributed by atoms with Crippen molar-refractivity contribution >= 4 is 50.5 Å². The van der Waals surface area contributed by atoms with Crippen LogP contribution in [0.25, 0.3) is 0 Å². The molecule has 0 spiro atoms. The second kappa shape index (κ2) is 7.71. The summed E-state index contributed by atoms with van der Waals surface area (Å²) in [6.45, 7) is 0.371. The lowest BCUT2D eigenvalue weighted by Crippen LogP contribution is -2.29. The Hall–Kier alpha value is -2.54. The molecular weight excluding hydrogens is 431 g/mol. The van der Waals surface area contributed by atoms with Crippen molar-refractivity contribution < 1.29 is 13.2 Å². The van der Waals surface area contributed by atoms with Gasteiger partial charge in [0, 0.05) is 12.1 Å². The molecule has 1 N–H and O–H groups in total. The first-order valence-corrected chi connectivity index (χ1v) is 11.0. The fourth-order valence-corrected chi connectivity index (χ4v) is 5.17. The highest BCUT2D eigenvalue weighted by Crippen LogP contribution is 2.33. The van der Waals surface area contributed by atoms with Crippen molar-refractivity contribution in [1.29, 1.82) is 0 Å². The smallest absolute Gasteiger partial charge is 0.264 e. The van der Waals surface area contributed by atoms with E-state index in [9.17, 15) is 13.2 Å². The Balaban J connectivity index is 1.64. The molecule has 0 aromatic heterocycles. The van der Waals surface area contributed by atoms with Crippen LogP contribution in [0.5, 0.6) is 0 Å². The first kappa shape index (κ1) is 19.8. The normalized spacial score (nSPS) is 13.2. The third kappa shape index (κ3) is 3.71. The standard InChI is InChI=1S/C21H16Cl2N2O3S/c22-17-8-4-9-18(20(17)23)24-21(26)15-6-3-7-16(13-15)29(27,28)25-12-11-14-5-1-2-10-19(14)25/h1-10,13H,11-12H2,(H,24,26). The van der Waals surface area contributed by atoms with E-state index in [1.165, 1.54) is 16.4 Å². The molecule has 8 heteroatoms. The van der Waals surface area contributed by atoms with E-state index in [1.807, 2.05) is 18.2 Å². The van der Waals surface area contributed by atoms with E-state index < -0.39 is 15.9 Å². The van der Waals surface area contributed by atoms with Crippen LogP contribution in [0.2, 0.25) is 10.0 Å². The molecule has 0 atom stereocenters. The van der Waals surface area contributed by atoms with Gasteiger partial charge >= 0.3 is 0 Å². The maximum absolute atomic E-state index is 13.2. The number of sulfonamides is 1. The van der Waals surface area contributed by atoms with Crippen LogP contribution >= 0.6 is 23.2 Å². The molecule has 0 bridgehead atoms. The number of nitrogens with one attached hydrogen (secondary N) is 1. The molecule has 1 amide bonds. The van der Waals surface area contributed by atoms with Crippen molar-refractivity contribution in [3.05, 3.63) is 87.9 Å². The number of carbonyl (C=O) groups excluding carboxylic acids is 1. The summed E-state index contributed by atoms with van der Waals surface area (Å²) < 4.78 is 27.8. The predicted octanol–water partition coefficient (Wildman–Crippen LogP) is 5.00. The lowest BCUT2D eigenvalue weighted by molar-refractivity contribution is 0.102. The topological polar surface area (TPSA) is 66.5 Å². The third-order valence-corrected chi connectivity index (χ3v) is 7.36. The first-order valence-electron chi connectivity index (χ1n) is 8.84. The van der Waals surface area contributed by atoms with Crippen LogP contribution in [-0.4, -0.2) is 20.9 Å². The van der Waals surface area contributed by atoms with Gasteiger partial charge in [-0.15, -0.1) is 0 Å². The Morgan fingerprint density at radius 2 is 1.72 bits per heavy atom. The lowest BCUT2D eigenvalue weighted by atomic mass is 10.2. The molecule has 29 heavy (non-hydrogen) atoms. The molecule has 148 valence electrons. The molecular formula is C21H16Cl2N2O3S. The maximum Gasteiger partial charge on any atom is 0.264 e. The Labute approximate surface area is 178 Å². The van der Waals surface area contributed by atoms with Crippen LogP contribution in [0.4, 0.5) is 11.4 Å². The van der Waals surface area contributed by atoms with E-state index in [-0.39, 0.29) is 15.5 Å². The third-order valence-electron chi connectivity index (χ3n) is 4.73. The highest BCUT2D eigenvalue weighted by molar-refractivity contribution is 7.92. The molecule has 4 rings (SSSR count). The predicted molar refractivity (Wildman–Crippen MR) is 116 cm³/mol. The van der Waals surface area contributed by atoms with Gasteiger partial charge in [0.1, 0.15) is 0 Å². The number of carbonyl (C=O) groups is 1. The number of amides is 1. The van der Waals surface area contributed by atoms with E-state index in [0.29, 0.717) is 29.4 Å². The van der Waals surface area contributed by atoms with Crippen molar-refractivity contribution in [3.8, 4) is 0 Å². The van der Waals surface area contributed by atoms with Gasteiger partial charge in [0.25, 0.3) is 15.9 Å². The van der Waals surface area contributed by atoms with Crippen LogP contribution in [0.15, 0.2) is 71.6 Å². The number of anilines is 2. The van der Waals surface area contributed by atoms with Gasteiger partial charge in [-0.25, -0.2) is 8.42 Å². The maximum atomic E-state index is 13.2. The SMILES string of the molecule is O=C(Nc1cccc(Cl)c1Cl)c1cccc(S(=O)(=O)N2CCc3ccccc32)c1. The van der Waals surface area contributed by atoms with Gasteiger partial charge < -0.3 is 5.32 Å². The van der Waals surface area contributed by atoms with Gasteiger partial charge in [0.2, 0.25) is 0 Å². The van der Waals surface area contributed by atoms with Gasteiger partial charge in [-0.2, -0.15) is 0 Å². The minimum Gasteiger partial charge on any atom is -0.321 e. The highest BCUT2D eigenvalue weighted by Gasteiger charge is 2.31. The molecule has 0 fully saturated rings. The van der Waals surface area contributed by atoms with E-state index >= 15 is 0 Å². The fourth-order valence-electron chi connectivity index (χ4n) is 3.28. The molecule has 3 aromatic carbocycles. The van der Waals surface area contributed by atoms with E-state index in [1.54, 1.807) is 36.4 Å². The molecule has 0 saturated heterocycles. The summed E-state index contributed by atoms with van der Waals surface area (Å²) in [5.41, 5.74) is 2.22. The number of benzene rings is 3. The number of rotatable bonds is 4. The largest absolute Gasteiger partial charge is 0.321 e. The summed E-state index contributed by atoms with van der Waals surface area (Å²) >= 11 is 12.1. The van der Waals surface area contributed by atoms with Crippen molar-refractivity contribution in [2.45, 2.75) is 11.3 Å². The van der Waals surface area contributed by atoms with Crippen molar-refractivity contribution in [1.82, 2.24) is 0 Å². The van der Waals surface area contributed by atoms with Gasteiger partial charge in [0.15, 0.2) is 0 Å². The second-order valence-corrected chi connectivity index (χ2v) is 9.19. The molecule has 1 aliphatic heterocycles. The van der Waals surface area contributed by atoms with Gasteiger partial charge in [-0.3, -0.25) is 9.10 Å². The second-order valence-electron chi connectivity index (χ2n) is 6.54. The summed E-state index contributed by atoms with van der Waals surface area (Å²) in [6.07, 6.45) is 0.656. The monoisotopic (exact) mass is 446 g/mol. The van der Waals surface area contributed by atoms with Gasteiger partial charge in [-0.05, 0) is 48.4 Å². The van der Waals surface area contributed by atoms with Crippen molar-refractivity contribution in [2.24, 2.45) is 0 Å². The van der Waals surface area contributed by atoms with Crippen molar-refractivity contribution in [2.75, 3.05) is 16.2 Å². The van der Waals surface area contributed by atoms with Crippen LogP contribution in [0.1, 0.15) is 15.9 Å². The zero-order valence-corrected chi connectivity index (χ0v) is 17.4. The number of fused-ring (bicyclic) bond motifs is 1. The lowest BCUT2D eigenvalue weighted by Gasteiger charge is -2.20. The number of nitrogens with zero attached hydrogens (tertiary/aromatic N) is 1. The molecule has 5 nitrogen and oxygen atoms in total. The number of halogens is 2. The van der Waals surface area contributed by atoms with Gasteiger partial charge in [0.05, 0.1) is 26.3 Å². The quantitative estimate of drug-likeness (QED) is 0.613. The molecule has 0 unspecified atom stereocenters. The summed E-state index contributed by atoms with van der Waals surface area (Å²) in [5.74, 6) is -0.479. The van der Waals surface area contributed by atoms with E-state index in [2.05, 4.69) is 5.32 Å². The fraction of sp³-hybridized carbons (Fsp3) is 0.0952. The highest BCUT2D eigenvalue weighted by atomic mass is 35.5. The summed E-state index contributed by atoms with van der Waals surface area (Å²) in [5, 5.41) is 3.20. The molecule has 3 aromatic rings. The number of hydrogen-bond donors (Lipinski definition) is 1. The zero-order valence-electron chi connectivity index (χ0n) is 15.1. The molecule has 1 heterocycles. The zero-order chi connectivity index (χ0) is 20.6. The van der Waals surface area contributed by atoms with Crippen molar-refractivity contribution in [3.63, 3.8) is 0 Å². The van der Waals surface area contributed by atoms with E-state index in [0.717, 1.165) is 5.56 Å². The number of hydrogen-bond acceptors (Lipinski definition) is 3. The summed E-state index contributed by atoms with van der Waals surface area (Å²) in [7, 11) is -3.79. The number of para-hydroxylation sites is 1. The molecule has 0 aliphatic carbocycles. The molecule has 1 aliphatic rings. The molecule has 0 radical (unpaired) electrons. The van der Waals surface area contributed by atoms with Gasteiger partial charge in [-0.1, -0.05) is 53.5 Å². The van der Waals surface area contributed by atoms with Crippen LogP contribution in [0, 0.1) is 0 Å². The first-order chi connectivity index (χ1) is 13.9. The Kier molecular flexibility index (Phi) is 5.25. The van der Waals surface area contributed by atoms with Crippen LogP contribution in [-0.2, 0) is 16.4 Å². The molecule has 0 saturated carbocycles. The summed E-state index contributed by atoms with van der Waals surface area (Å²) in [4.78, 5) is 12.7.